The minimum absolute atomic E-state index is 0.310. The van der Waals surface area contributed by atoms with Crippen molar-refractivity contribution in [2.24, 2.45) is 0 Å². The van der Waals surface area contributed by atoms with Gasteiger partial charge in [-0.25, -0.2) is 0 Å². The van der Waals surface area contributed by atoms with Gasteiger partial charge >= 0.3 is 0 Å². The average Bonchev–Trinajstić information content (AvgIpc) is 3.35. The zero-order valence-corrected chi connectivity index (χ0v) is 47.0. The van der Waals surface area contributed by atoms with Gasteiger partial charge in [0.1, 0.15) is 6.10 Å². The number of aliphatic hydroxyl groups is 3. The van der Waals surface area contributed by atoms with Crippen LogP contribution in [-0.4, -0.2) is 46.1 Å². The molecular formula is C64H125NO4. The van der Waals surface area contributed by atoms with E-state index < -0.39 is 24.2 Å². The summed E-state index contributed by atoms with van der Waals surface area (Å²) in [5.41, 5.74) is 0. The van der Waals surface area contributed by atoms with Gasteiger partial charge in [-0.2, -0.15) is 0 Å². The lowest BCUT2D eigenvalue weighted by atomic mass is 10.0. The average molecular weight is 973 g/mol. The second kappa shape index (κ2) is 59.4. The maximum Gasteiger partial charge on any atom is 0.249 e. The molecule has 0 aromatic heterocycles. The second-order valence-corrected chi connectivity index (χ2v) is 22.0. The molecule has 0 aliphatic rings. The van der Waals surface area contributed by atoms with Crippen molar-refractivity contribution >= 4 is 5.91 Å². The summed E-state index contributed by atoms with van der Waals surface area (Å²) >= 11 is 0. The van der Waals surface area contributed by atoms with Crippen LogP contribution in [0, 0.1) is 0 Å². The summed E-state index contributed by atoms with van der Waals surface area (Å²) in [5.74, 6) is -0.464. The van der Waals surface area contributed by atoms with Gasteiger partial charge in [-0.15, -0.1) is 0 Å². The molecule has 0 saturated carbocycles. The van der Waals surface area contributed by atoms with Crippen molar-refractivity contribution in [2.75, 3.05) is 6.61 Å². The van der Waals surface area contributed by atoms with Crippen molar-refractivity contribution in [3.8, 4) is 0 Å². The van der Waals surface area contributed by atoms with Crippen molar-refractivity contribution < 1.29 is 20.1 Å². The lowest BCUT2D eigenvalue weighted by Gasteiger charge is -2.23. The van der Waals surface area contributed by atoms with Gasteiger partial charge in [-0.3, -0.25) is 4.79 Å². The summed E-state index contributed by atoms with van der Waals surface area (Å²) in [5, 5.41) is 33.6. The maximum absolute atomic E-state index is 12.6. The van der Waals surface area contributed by atoms with Crippen molar-refractivity contribution in [3.63, 3.8) is 0 Å². The van der Waals surface area contributed by atoms with E-state index in [1.165, 1.54) is 289 Å². The lowest BCUT2D eigenvalue weighted by molar-refractivity contribution is -0.131. The molecule has 0 saturated heterocycles. The van der Waals surface area contributed by atoms with Gasteiger partial charge in [0, 0.05) is 0 Å². The van der Waals surface area contributed by atoms with Crippen LogP contribution in [0.4, 0.5) is 0 Å². The van der Waals surface area contributed by atoms with Gasteiger partial charge in [-0.05, 0) is 44.9 Å². The standard InChI is InChI=1S/C64H125NO4/c1-3-5-7-9-11-13-15-17-19-21-23-25-26-27-28-29-30-31-32-33-34-35-36-37-39-41-43-45-47-49-51-53-55-57-59-63(68)64(69)65-61(60-66)62(67)58-56-54-52-50-48-46-44-42-40-38-24-22-20-18-16-14-12-10-8-6-4-2/h26-27,29-30,61-63,66-68H,3-25,28,31-60H2,1-2H3,(H,65,69)/b27-26-,30-29-. The molecule has 0 radical (unpaired) electrons. The minimum atomic E-state index is -1.07. The van der Waals surface area contributed by atoms with E-state index in [4.69, 9.17) is 0 Å². The van der Waals surface area contributed by atoms with Crippen LogP contribution in [0.2, 0.25) is 0 Å². The molecule has 69 heavy (non-hydrogen) atoms. The Morgan fingerprint density at radius 3 is 0.870 bits per heavy atom. The van der Waals surface area contributed by atoms with E-state index in [2.05, 4.69) is 43.5 Å². The number of nitrogens with one attached hydrogen (secondary N) is 1. The number of carbonyl (C=O) groups is 1. The predicted octanol–water partition coefficient (Wildman–Crippen LogP) is 20.0. The highest BCUT2D eigenvalue weighted by atomic mass is 16.3. The number of hydrogen-bond acceptors (Lipinski definition) is 4. The Morgan fingerprint density at radius 1 is 0.348 bits per heavy atom. The maximum atomic E-state index is 12.6. The molecule has 410 valence electrons. The Morgan fingerprint density at radius 2 is 0.594 bits per heavy atom. The van der Waals surface area contributed by atoms with Gasteiger partial charge in [0.15, 0.2) is 0 Å². The first-order valence-electron chi connectivity index (χ1n) is 31.6. The molecule has 0 aliphatic heterocycles. The minimum Gasteiger partial charge on any atom is -0.394 e. The van der Waals surface area contributed by atoms with Crippen molar-refractivity contribution in [2.45, 2.75) is 372 Å². The summed E-state index contributed by atoms with van der Waals surface area (Å²) in [6.45, 7) is 4.28. The van der Waals surface area contributed by atoms with Crippen LogP contribution in [0.25, 0.3) is 0 Å². The van der Waals surface area contributed by atoms with Crippen LogP contribution in [0.5, 0.6) is 0 Å². The van der Waals surface area contributed by atoms with Crippen LogP contribution in [0.3, 0.4) is 0 Å². The molecule has 5 heteroatoms. The normalized spacial score (nSPS) is 13.3. The zero-order chi connectivity index (χ0) is 50.0. The van der Waals surface area contributed by atoms with Gasteiger partial charge < -0.3 is 20.6 Å². The summed E-state index contributed by atoms with van der Waals surface area (Å²) in [4.78, 5) is 12.6. The first-order valence-corrected chi connectivity index (χ1v) is 31.6. The summed E-state index contributed by atoms with van der Waals surface area (Å²) < 4.78 is 0. The Bertz CT molecular complexity index is 1030. The molecule has 1 amide bonds. The van der Waals surface area contributed by atoms with E-state index in [-0.39, 0.29) is 6.61 Å². The highest BCUT2D eigenvalue weighted by molar-refractivity contribution is 5.80. The van der Waals surface area contributed by atoms with Crippen LogP contribution < -0.4 is 5.32 Å². The number of allylic oxidation sites excluding steroid dienone is 4. The Balaban J connectivity index is 3.48. The van der Waals surface area contributed by atoms with E-state index in [1.807, 2.05) is 0 Å². The second-order valence-electron chi connectivity index (χ2n) is 22.0. The van der Waals surface area contributed by atoms with Crippen LogP contribution >= 0.6 is 0 Å². The molecule has 0 aromatic rings. The monoisotopic (exact) mass is 972 g/mol. The van der Waals surface area contributed by atoms with Crippen LogP contribution in [0.1, 0.15) is 354 Å². The molecular weight excluding hydrogens is 847 g/mol. The molecule has 4 N–H and O–H groups in total. The lowest BCUT2D eigenvalue weighted by Crippen LogP contribution is -2.49. The SMILES string of the molecule is CCCCCCCCCCCCC/C=C\C/C=C\CCCCCCCCCCCCCCCCCCC(O)C(=O)NC(CO)C(O)CCCCCCCCCCCCCCCCCCCCCCC. The Labute approximate surface area is 432 Å². The van der Waals surface area contributed by atoms with Gasteiger partial charge in [0.25, 0.3) is 0 Å². The van der Waals surface area contributed by atoms with E-state index in [0.29, 0.717) is 12.8 Å². The molecule has 0 heterocycles. The van der Waals surface area contributed by atoms with E-state index in [9.17, 15) is 20.1 Å². The van der Waals surface area contributed by atoms with Crippen LogP contribution in [-0.2, 0) is 4.79 Å². The fraction of sp³-hybridized carbons (Fsp3) is 0.922. The Hall–Kier alpha value is -1.17. The zero-order valence-electron chi connectivity index (χ0n) is 47.0. The highest BCUT2D eigenvalue weighted by Gasteiger charge is 2.23. The van der Waals surface area contributed by atoms with E-state index in [0.717, 1.165) is 38.5 Å². The number of unbranched alkanes of at least 4 members (excludes halogenated alkanes) is 47. The molecule has 0 aliphatic carbocycles. The third-order valence-corrected chi connectivity index (χ3v) is 15.1. The fourth-order valence-electron chi connectivity index (χ4n) is 10.2. The van der Waals surface area contributed by atoms with Gasteiger partial charge in [-0.1, -0.05) is 334 Å². The summed E-state index contributed by atoms with van der Waals surface area (Å²) in [7, 11) is 0. The third-order valence-electron chi connectivity index (χ3n) is 15.1. The van der Waals surface area contributed by atoms with E-state index >= 15 is 0 Å². The number of hydrogen-bond donors (Lipinski definition) is 4. The largest absolute Gasteiger partial charge is 0.394 e. The Kier molecular flexibility index (Phi) is 58.4. The van der Waals surface area contributed by atoms with Crippen molar-refractivity contribution in [3.05, 3.63) is 24.3 Å². The number of carbonyl (C=O) groups excluding carboxylic acids is 1. The van der Waals surface area contributed by atoms with Gasteiger partial charge in [0.2, 0.25) is 5.91 Å². The molecule has 0 spiro atoms. The van der Waals surface area contributed by atoms with E-state index in [1.54, 1.807) is 0 Å². The van der Waals surface area contributed by atoms with Crippen LogP contribution in [0.15, 0.2) is 24.3 Å². The highest BCUT2D eigenvalue weighted by Crippen LogP contribution is 2.19. The van der Waals surface area contributed by atoms with Crippen molar-refractivity contribution in [1.29, 1.82) is 0 Å². The molecule has 0 rings (SSSR count). The number of rotatable bonds is 59. The smallest absolute Gasteiger partial charge is 0.249 e. The molecule has 5 nitrogen and oxygen atoms in total. The van der Waals surface area contributed by atoms with Gasteiger partial charge in [0.05, 0.1) is 18.8 Å². The molecule has 0 bridgehead atoms. The summed E-state index contributed by atoms with van der Waals surface area (Å²) in [6, 6.07) is -0.711. The predicted molar refractivity (Wildman–Crippen MR) is 305 cm³/mol. The first kappa shape index (κ1) is 67.8. The third kappa shape index (κ3) is 54.4. The topological polar surface area (TPSA) is 89.8 Å². The van der Waals surface area contributed by atoms with Crippen molar-refractivity contribution in [1.82, 2.24) is 5.32 Å². The molecule has 3 unspecified atom stereocenters. The fourth-order valence-corrected chi connectivity index (χ4v) is 10.2. The number of amides is 1. The summed E-state index contributed by atoms with van der Waals surface area (Å²) in [6.07, 6.45) is 76.8. The number of aliphatic hydroxyl groups excluding tert-OH is 3. The molecule has 0 aromatic carbocycles. The molecule has 3 atom stereocenters. The molecule has 0 fully saturated rings. The first-order chi connectivity index (χ1) is 34.1. The quantitative estimate of drug-likeness (QED) is 0.0361.